The Kier molecular flexibility index (Phi) is 1.07. The maximum Gasteiger partial charge on any atom is 0.106 e. The van der Waals surface area contributed by atoms with Gasteiger partial charge in [0.1, 0.15) is 4.60 Å². The lowest BCUT2D eigenvalue weighted by molar-refractivity contribution is 1.28. The summed E-state index contributed by atoms with van der Waals surface area (Å²) < 4.78 is 7.71. The molecule has 7 heavy (non-hydrogen) atoms. The third-order valence-corrected chi connectivity index (χ3v) is 1.01. The van der Waals surface area contributed by atoms with E-state index in [1.54, 1.807) is 18.3 Å². The molecule has 0 saturated heterocycles. The van der Waals surface area contributed by atoms with Crippen LogP contribution in [0.2, 0.25) is 0 Å². The van der Waals surface area contributed by atoms with Gasteiger partial charge in [-0.2, -0.15) is 0 Å². The topological polar surface area (TPSA) is 12.9 Å². The number of aromatic nitrogens is 1. The van der Waals surface area contributed by atoms with Gasteiger partial charge < -0.3 is 0 Å². The van der Waals surface area contributed by atoms with Gasteiger partial charge in [0.15, 0.2) is 0 Å². The summed E-state index contributed by atoms with van der Waals surface area (Å²) in [6.07, 6.45) is 1.64. The van der Waals surface area contributed by atoms with Crippen LogP contribution in [-0.2, 0) is 0 Å². The third kappa shape index (κ3) is 1.27. The van der Waals surface area contributed by atoms with Crippen LogP contribution < -0.4 is 0 Å². The maximum atomic E-state index is 7.11. The van der Waals surface area contributed by atoms with E-state index in [0.29, 0.717) is 10.6 Å². The lowest BCUT2D eigenvalue weighted by Gasteiger charge is -1.80. The van der Waals surface area contributed by atoms with Crippen molar-refractivity contribution in [3.8, 4) is 0 Å². The van der Waals surface area contributed by atoms with Crippen LogP contribution in [0.4, 0.5) is 0 Å². The number of nitrogens with zero attached hydrogens (tertiary/aromatic N) is 1. The average Bonchev–Trinajstić information content (AvgIpc) is 1.77. The van der Waals surface area contributed by atoms with Crippen LogP contribution in [0.15, 0.2) is 29.0 Å². The van der Waals surface area contributed by atoms with Crippen molar-refractivity contribution in [2.45, 2.75) is 0 Å². The van der Waals surface area contributed by atoms with Gasteiger partial charge in [-0.3, -0.25) is 0 Å². The van der Waals surface area contributed by atoms with Crippen LogP contribution >= 0.6 is 15.9 Å². The summed E-state index contributed by atoms with van der Waals surface area (Å²) in [6, 6.07) is 3.83. The molecule has 1 heterocycles. The van der Waals surface area contributed by atoms with Crippen molar-refractivity contribution in [1.82, 2.24) is 4.98 Å². The number of hydrogen-bond acceptors (Lipinski definition) is 1. The highest BCUT2D eigenvalue weighted by Crippen LogP contribution is 2.00. The smallest absolute Gasteiger partial charge is 0.106 e. The highest BCUT2D eigenvalue weighted by atomic mass is 79.9. The van der Waals surface area contributed by atoms with Crippen LogP contribution in [0.1, 0.15) is 1.37 Å². The average molecular weight is 159 g/mol. The zero-order chi connectivity index (χ0) is 5.98. The monoisotopic (exact) mass is 158 g/mol. The molecule has 0 fully saturated rings. The van der Waals surface area contributed by atoms with Crippen LogP contribution in [0.3, 0.4) is 0 Å². The fourth-order valence-corrected chi connectivity index (χ4v) is 0.556. The van der Waals surface area contributed by atoms with E-state index in [-0.39, 0.29) is 0 Å². The predicted octanol–water partition coefficient (Wildman–Crippen LogP) is 1.84. The van der Waals surface area contributed by atoms with E-state index >= 15 is 0 Å². The van der Waals surface area contributed by atoms with Crippen molar-refractivity contribution in [3.05, 3.63) is 29.0 Å². The predicted molar refractivity (Wildman–Crippen MR) is 31.9 cm³/mol. The summed E-state index contributed by atoms with van der Waals surface area (Å²) in [5, 5.41) is 0. The maximum absolute atomic E-state index is 7.11. The van der Waals surface area contributed by atoms with Gasteiger partial charge in [-0.1, -0.05) is 6.07 Å². The Hall–Kier alpha value is -0.370. The third-order valence-electron chi connectivity index (χ3n) is 0.573. The van der Waals surface area contributed by atoms with Gasteiger partial charge in [-0.25, -0.2) is 4.98 Å². The molecule has 36 valence electrons. The molecule has 0 atom stereocenters. The fraction of sp³-hybridized carbons (Fsp3) is 0. The summed E-state index contributed by atoms with van der Waals surface area (Å²) in [5.41, 5.74) is 0. The van der Waals surface area contributed by atoms with E-state index < -0.39 is 0 Å². The number of rotatable bonds is 0. The van der Waals surface area contributed by atoms with E-state index in [0.717, 1.165) is 0 Å². The molecule has 0 N–H and O–H groups in total. The van der Waals surface area contributed by atoms with Crippen LogP contribution in [0.5, 0.6) is 0 Å². The second-order valence-corrected chi connectivity index (χ2v) is 1.82. The fourth-order valence-electron chi connectivity index (χ4n) is 0.306. The molecule has 0 aliphatic carbocycles. The van der Waals surface area contributed by atoms with Gasteiger partial charge in [0.05, 0.1) is 1.37 Å². The number of hydrogen-bond donors (Lipinski definition) is 0. The van der Waals surface area contributed by atoms with Crippen molar-refractivity contribution in [2.24, 2.45) is 0 Å². The van der Waals surface area contributed by atoms with Gasteiger partial charge in [0, 0.05) is 6.20 Å². The molecule has 0 saturated carbocycles. The molecule has 1 aromatic heterocycles. The highest BCUT2D eigenvalue weighted by Gasteiger charge is 1.75. The number of pyridine rings is 1. The summed E-state index contributed by atoms with van der Waals surface area (Å²) in [7, 11) is 0. The van der Waals surface area contributed by atoms with E-state index in [9.17, 15) is 0 Å². The molecular weight excluding hydrogens is 154 g/mol. The molecular formula is C5H4BrN. The van der Waals surface area contributed by atoms with E-state index in [1.807, 2.05) is 0 Å². The zero-order valence-corrected chi connectivity index (χ0v) is 5.14. The minimum atomic E-state index is 0.424. The Bertz CT molecular complexity index is 169. The quantitative estimate of drug-likeness (QED) is 0.526. The standard InChI is InChI=1S/C5H4BrN/c6-5-3-1-2-4-7-5/h1-4H/i3D. The Balaban J connectivity index is 3.13. The lowest BCUT2D eigenvalue weighted by atomic mass is 10.5. The van der Waals surface area contributed by atoms with Gasteiger partial charge >= 0.3 is 0 Å². The van der Waals surface area contributed by atoms with Gasteiger partial charge in [-0.05, 0) is 28.0 Å². The Morgan fingerprint density at radius 2 is 2.57 bits per heavy atom. The Morgan fingerprint density at radius 1 is 1.71 bits per heavy atom. The molecule has 0 amide bonds. The molecule has 0 bridgehead atoms. The molecule has 0 spiro atoms. The summed E-state index contributed by atoms with van der Waals surface area (Å²) in [5.74, 6) is 0. The zero-order valence-electron chi connectivity index (χ0n) is 4.56. The van der Waals surface area contributed by atoms with Crippen molar-refractivity contribution in [1.29, 1.82) is 0 Å². The first-order valence-corrected chi connectivity index (χ1v) is 2.67. The van der Waals surface area contributed by atoms with Crippen LogP contribution in [0, 0.1) is 0 Å². The van der Waals surface area contributed by atoms with Crippen molar-refractivity contribution in [2.75, 3.05) is 0 Å². The van der Waals surface area contributed by atoms with Crippen molar-refractivity contribution >= 4 is 15.9 Å². The summed E-state index contributed by atoms with van der Waals surface area (Å²) >= 11 is 3.10. The van der Waals surface area contributed by atoms with Crippen LogP contribution in [0.25, 0.3) is 0 Å². The molecule has 0 aromatic carbocycles. The van der Waals surface area contributed by atoms with E-state index in [2.05, 4.69) is 20.9 Å². The Morgan fingerprint density at radius 3 is 3.00 bits per heavy atom. The van der Waals surface area contributed by atoms with Crippen molar-refractivity contribution in [3.63, 3.8) is 0 Å². The number of halogens is 1. The van der Waals surface area contributed by atoms with Crippen molar-refractivity contribution < 1.29 is 1.37 Å². The molecule has 0 unspecified atom stereocenters. The van der Waals surface area contributed by atoms with E-state index in [1.165, 1.54) is 0 Å². The SMILES string of the molecule is [2H]c1cccnc1Br. The normalized spacial score (nSPS) is 10.7. The highest BCUT2D eigenvalue weighted by molar-refractivity contribution is 9.10. The Labute approximate surface area is 51.9 Å². The van der Waals surface area contributed by atoms with Gasteiger partial charge in [0.25, 0.3) is 0 Å². The first-order chi connectivity index (χ1) is 3.80. The molecule has 1 rings (SSSR count). The molecule has 0 aliphatic heterocycles. The molecule has 1 aromatic rings. The molecule has 0 aliphatic rings. The first-order valence-electron chi connectivity index (χ1n) is 2.38. The molecule has 0 radical (unpaired) electrons. The first kappa shape index (κ1) is 3.61. The second-order valence-electron chi connectivity index (χ2n) is 1.07. The van der Waals surface area contributed by atoms with E-state index in [4.69, 9.17) is 1.37 Å². The van der Waals surface area contributed by atoms with Gasteiger partial charge in [-0.15, -0.1) is 0 Å². The van der Waals surface area contributed by atoms with Crippen LogP contribution in [-0.4, -0.2) is 4.98 Å². The molecule has 1 nitrogen and oxygen atoms in total. The minimum Gasteiger partial charge on any atom is -0.249 e. The second kappa shape index (κ2) is 2.07. The summed E-state index contributed by atoms with van der Waals surface area (Å²) in [6.45, 7) is 0. The largest absolute Gasteiger partial charge is 0.249 e. The lowest BCUT2D eigenvalue weighted by Crippen LogP contribution is -1.66. The van der Waals surface area contributed by atoms with Gasteiger partial charge in [0.2, 0.25) is 0 Å². The summed E-state index contributed by atoms with van der Waals surface area (Å²) in [4.78, 5) is 3.81. The molecule has 2 heteroatoms. The minimum absolute atomic E-state index is 0.424.